The van der Waals surface area contributed by atoms with E-state index >= 15 is 0 Å². The molecule has 0 saturated carbocycles. The molecule has 19 heavy (non-hydrogen) atoms. The molecule has 2 heterocycles. The Morgan fingerprint density at radius 3 is 3.16 bits per heavy atom. The highest BCUT2D eigenvalue weighted by Crippen LogP contribution is 2.32. The van der Waals surface area contributed by atoms with Crippen LogP contribution in [0.4, 0.5) is 5.69 Å². The van der Waals surface area contributed by atoms with E-state index in [1.807, 2.05) is 25.1 Å². The number of benzene rings is 1. The van der Waals surface area contributed by atoms with E-state index in [2.05, 4.69) is 16.4 Å². The number of aryl methyl sites for hydroxylation is 1. The summed E-state index contributed by atoms with van der Waals surface area (Å²) in [7, 11) is 0. The second kappa shape index (κ2) is 4.48. The molecule has 0 unspecified atom stereocenters. The zero-order valence-corrected chi connectivity index (χ0v) is 11.2. The fourth-order valence-electron chi connectivity index (χ4n) is 2.15. The van der Waals surface area contributed by atoms with Gasteiger partial charge in [0.05, 0.1) is 24.6 Å². The van der Waals surface area contributed by atoms with Crippen molar-refractivity contribution in [3.63, 3.8) is 0 Å². The molecule has 1 N–H and O–H groups in total. The fraction of sp³-hybridized carbons (Fsp3) is 0.214. The summed E-state index contributed by atoms with van der Waals surface area (Å²) in [5.74, 6) is 0.0349. The minimum Gasteiger partial charge on any atom is -0.326 e. The molecule has 2 aromatic rings. The molecule has 94 valence electrons. The third kappa shape index (κ3) is 2.11. The summed E-state index contributed by atoms with van der Waals surface area (Å²) >= 11 is 1.54. The molecule has 4 nitrogen and oxygen atoms in total. The van der Waals surface area contributed by atoms with Crippen molar-refractivity contribution in [1.29, 1.82) is 5.26 Å². The summed E-state index contributed by atoms with van der Waals surface area (Å²) in [6, 6.07) is 8.02. The van der Waals surface area contributed by atoms with Gasteiger partial charge in [-0.1, -0.05) is 0 Å². The first-order chi connectivity index (χ1) is 9.17. The number of anilines is 1. The third-order valence-electron chi connectivity index (χ3n) is 3.11. The van der Waals surface area contributed by atoms with E-state index in [1.165, 1.54) is 0 Å². The first-order valence-corrected chi connectivity index (χ1v) is 6.75. The van der Waals surface area contributed by atoms with Gasteiger partial charge in [-0.05, 0) is 30.7 Å². The zero-order valence-electron chi connectivity index (χ0n) is 10.4. The largest absolute Gasteiger partial charge is 0.326 e. The van der Waals surface area contributed by atoms with E-state index < -0.39 is 0 Å². The Kier molecular flexibility index (Phi) is 2.80. The van der Waals surface area contributed by atoms with E-state index in [1.54, 1.807) is 11.3 Å². The topological polar surface area (TPSA) is 65.8 Å². The second-order valence-corrected chi connectivity index (χ2v) is 5.54. The van der Waals surface area contributed by atoms with Crippen LogP contribution in [0.1, 0.15) is 16.1 Å². The number of carbonyl (C=O) groups excluding carboxylic acids is 1. The smallest absolute Gasteiger partial charge is 0.228 e. The quantitative estimate of drug-likeness (QED) is 0.911. The molecule has 1 aromatic carbocycles. The lowest BCUT2D eigenvalue weighted by Gasteiger charge is -2.00. The van der Waals surface area contributed by atoms with Crippen LogP contribution < -0.4 is 5.32 Å². The van der Waals surface area contributed by atoms with Gasteiger partial charge in [-0.25, -0.2) is 4.98 Å². The van der Waals surface area contributed by atoms with Crippen LogP contribution in [0.3, 0.4) is 0 Å². The number of nitriles is 1. The molecule has 0 aliphatic carbocycles. The minimum atomic E-state index is 0.0349. The van der Waals surface area contributed by atoms with Gasteiger partial charge in [0.1, 0.15) is 5.01 Å². The SMILES string of the molecule is Cc1nc(-c2ccc3c(c2)CC(=O)N3)sc1CC#N. The number of aromatic nitrogens is 1. The van der Waals surface area contributed by atoms with Gasteiger partial charge >= 0.3 is 0 Å². The number of hydrogen-bond acceptors (Lipinski definition) is 4. The lowest BCUT2D eigenvalue weighted by molar-refractivity contribution is -0.115. The molecule has 0 bridgehead atoms. The molecule has 1 aromatic heterocycles. The first kappa shape index (κ1) is 11.9. The summed E-state index contributed by atoms with van der Waals surface area (Å²) in [4.78, 5) is 16.8. The lowest BCUT2D eigenvalue weighted by Crippen LogP contribution is -2.03. The van der Waals surface area contributed by atoms with Gasteiger partial charge in [0.15, 0.2) is 0 Å². The van der Waals surface area contributed by atoms with Crippen molar-refractivity contribution in [3.05, 3.63) is 34.3 Å². The van der Waals surface area contributed by atoms with Crippen LogP contribution in [0.2, 0.25) is 0 Å². The molecule has 0 atom stereocenters. The molecule has 0 radical (unpaired) electrons. The Bertz CT molecular complexity index is 712. The number of hydrogen-bond donors (Lipinski definition) is 1. The van der Waals surface area contributed by atoms with Crippen molar-refractivity contribution in [2.45, 2.75) is 19.8 Å². The second-order valence-electron chi connectivity index (χ2n) is 4.46. The van der Waals surface area contributed by atoms with Gasteiger partial charge in [0.2, 0.25) is 5.91 Å². The van der Waals surface area contributed by atoms with Crippen LogP contribution in [0.25, 0.3) is 10.6 Å². The first-order valence-electron chi connectivity index (χ1n) is 5.94. The molecule has 1 aliphatic heterocycles. The Morgan fingerprint density at radius 2 is 2.37 bits per heavy atom. The standard InChI is InChI=1S/C14H11N3OS/c1-8-12(4-5-15)19-14(16-8)9-2-3-11-10(6-9)7-13(18)17-11/h2-3,6H,4,7H2,1H3,(H,17,18). The van der Waals surface area contributed by atoms with Crippen LogP contribution in [0.15, 0.2) is 18.2 Å². The monoisotopic (exact) mass is 269 g/mol. The molecular weight excluding hydrogens is 258 g/mol. The van der Waals surface area contributed by atoms with E-state index in [0.717, 1.165) is 32.4 Å². The van der Waals surface area contributed by atoms with Gasteiger partial charge in [0.25, 0.3) is 0 Å². The number of carbonyl (C=O) groups is 1. The number of nitrogens with zero attached hydrogens (tertiary/aromatic N) is 2. The number of nitrogens with one attached hydrogen (secondary N) is 1. The van der Waals surface area contributed by atoms with Crippen LogP contribution in [0, 0.1) is 18.3 Å². The number of amides is 1. The predicted molar refractivity (Wildman–Crippen MR) is 73.9 cm³/mol. The number of rotatable bonds is 2. The van der Waals surface area contributed by atoms with Crippen molar-refractivity contribution in [2.24, 2.45) is 0 Å². The van der Waals surface area contributed by atoms with E-state index in [-0.39, 0.29) is 5.91 Å². The lowest BCUT2D eigenvalue weighted by atomic mass is 10.1. The summed E-state index contributed by atoms with van der Waals surface area (Å²) < 4.78 is 0. The molecule has 0 spiro atoms. The number of thiazole rings is 1. The Hall–Kier alpha value is -2.19. The van der Waals surface area contributed by atoms with Crippen molar-refractivity contribution < 1.29 is 4.79 Å². The molecule has 3 rings (SSSR count). The normalized spacial score (nSPS) is 12.9. The maximum atomic E-state index is 11.3. The van der Waals surface area contributed by atoms with Crippen molar-refractivity contribution >= 4 is 22.9 Å². The van der Waals surface area contributed by atoms with E-state index in [9.17, 15) is 4.79 Å². The molecular formula is C14H11N3OS. The average Bonchev–Trinajstić information content (AvgIpc) is 2.91. The highest BCUT2D eigenvalue weighted by molar-refractivity contribution is 7.15. The molecule has 0 saturated heterocycles. The van der Waals surface area contributed by atoms with Crippen molar-refractivity contribution in [1.82, 2.24) is 4.98 Å². The Labute approximate surface area is 114 Å². The van der Waals surface area contributed by atoms with Crippen LogP contribution in [-0.4, -0.2) is 10.9 Å². The molecule has 1 aliphatic rings. The fourth-order valence-corrected chi connectivity index (χ4v) is 3.14. The van der Waals surface area contributed by atoms with Gasteiger partial charge in [0, 0.05) is 16.1 Å². The van der Waals surface area contributed by atoms with E-state index in [4.69, 9.17) is 5.26 Å². The molecule has 1 amide bonds. The van der Waals surface area contributed by atoms with Gasteiger partial charge in [-0.3, -0.25) is 4.79 Å². The Balaban J connectivity index is 1.99. The van der Waals surface area contributed by atoms with Crippen molar-refractivity contribution in [3.8, 4) is 16.6 Å². The van der Waals surface area contributed by atoms with Crippen molar-refractivity contribution in [2.75, 3.05) is 5.32 Å². The summed E-state index contributed by atoms with van der Waals surface area (Å²) in [5.41, 5.74) is 3.82. The predicted octanol–water partition coefficient (Wildman–Crippen LogP) is 2.68. The maximum Gasteiger partial charge on any atom is 0.228 e. The van der Waals surface area contributed by atoms with Crippen LogP contribution in [-0.2, 0) is 17.6 Å². The highest BCUT2D eigenvalue weighted by atomic mass is 32.1. The van der Waals surface area contributed by atoms with Gasteiger partial charge in [-0.2, -0.15) is 5.26 Å². The van der Waals surface area contributed by atoms with Crippen LogP contribution in [0.5, 0.6) is 0 Å². The molecule has 0 fully saturated rings. The third-order valence-corrected chi connectivity index (χ3v) is 4.32. The number of fused-ring (bicyclic) bond motifs is 1. The summed E-state index contributed by atoms with van der Waals surface area (Å²) in [6.45, 7) is 1.92. The average molecular weight is 269 g/mol. The summed E-state index contributed by atoms with van der Waals surface area (Å²) in [5, 5.41) is 12.5. The Morgan fingerprint density at radius 1 is 1.53 bits per heavy atom. The van der Waals surface area contributed by atoms with Gasteiger partial charge < -0.3 is 5.32 Å². The highest BCUT2D eigenvalue weighted by Gasteiger charge is 2.18. The maximum absolute atomic E-state index is 11.3. The zero-order chi connectivity index (χ0) is 13.4. The van der Waals surface area contributed by atoms with Crippen LogP contribution >= 0.6 is 11.3 Å². The minimum absolute atomic E-state index is 0.0349. The summed E-state index contributed by atoms with van der Waals surface area (Å²) in [6.07, 6.45) is 0.826. The van der Waals surface area contributed by atoms with E-state index in [0.29, 0.717) is 12.8 Å². The molecule has 5 heteroatoms. The van der Waals surface area contributed by atoms with Gasteiger partial charge in [-0.15, -0.1) is 11.3 Å².